The predicted molar refractivity (Wildman–Crippen MR) is 75.5 cm³/mol. The Labute approximate surface area is 112 Å². The van der Waals surface area contributed by atoms with Crippen LogP contribution in [-0.4, -0.2) is 55.6 Å². The van der Waals surface area contributed by atoms with Gasteiger partial charge in [-0.1, -0.05) is 0 Å². The molecule has 4 unspecified atom stereocenters. The summed E-state index contributed by atoms with van der Waals surface area (Å²) in [6, 6.07) is 0.498. The third-order valence-electron chi connectivity index (χ3n) is 5.68. The molecule has 1 saturated heterocycles. The van der Waals surface area contributed by atoms with Gasteiger partial charge in [0.2, 0.25) is 0 Å². The van der Waals surface area contributed by atoms with Gasteiger partial charge in [-0.15, -0.1) is 0 Å². The number of fused-ring (bicyclic) bond motifs is 2. The minimum atomic E-state index is 0.498. The van der Waals surface area contributed by atoms with E-state index < -0.39 is 0 Å². The van der Waals surface area contributed by atoms with Crippen LogP contribution in [0.1, 0.15) is 32.1 Å². The first-order chi connectivity index (χ1) is 8.74. The van der Waals surface area contributed by atoms with E-state index in [2.05, 4.69) is 16.8 Å². The summed E-state index contributed by atoms with van der Waals surface area (Å²) in [5.41, 5.74) is 6.39. The van der Waals surface area contributed by atoms with E-state index in [1.165, 1.54) is 64.8 Å². The van der Waals surface area contributed by atoms with Gasteiger partial charge in [-0.25, -0.2) is 0 Å². The molecule has 0 aromatic heterocycles. The van der Waals surface area contributed by atoms with Gasteiger partial charge < -0.3 is 15.5 Å². The van der Waals surface area contributed by atoms with E-state index in [9.17, 15) is 0 Å². The molecule has 0 amide bonds. The van der Waals surface area contributed by atoms with Crippen LogP contribution in [0.25, 0.3) is 0 Å². The summed E-state index contributed by atoms with van der Waals surface area (Å²) in [5, 5.41) is 0. The van der Waals surface area contributed by atoms with E-state index in [0.717, 1.165) is 17.8 Å². The molecule has 1 heterocycles. The lowest BCUT2D eigenvalue weighted by Crippen LogP contribution is -2.43. The Balaban J connectivity index is 1.42. The number of likely N-dealkylation sites (N-methyl/N-ethyl adjacent to an activating group) is 1. The minimum absolute atomic E-state index is 0.498. The van der Waals surface area contributed by atoms with Crippen molar-refractivity contribution >= 4 is 0 Å². The van der Waals surface area contributed by atoms with E-state index in [0.29, 0.717) is 6.04 Å². The summed E-state index contributed by atoms with van der Waals surface area (Å²) in [4.78, 5) is 5.14. The largest absolute Gasteiger partial charge is 0.327 e. The van der Waals surface area contributed by atoms with E-state index >= 15 is 0 Å². The lowest BCUT2D eigenvalue weighted by molar-refractivity contribution is 0.182. The van der Waals surface area contributed by atoms with Gasteiger partial charge in [0.1, 0.15) is 0 Å². The molecule has 3 heteroatoms. The summed E-state index contributed by atoms with van der Waals surface area (Å²) < 4.78 is 0. The van der Waals surface area contributed by atoms with Crippen molar-refractivity contribution in [2.75, 3.05) is 39.8 Å². The Kier molecular flexibility index (Phi) is 3.92. The maximum absolute atomic E-state index is 6.39. The van der Waals surface area contributed by atoms with Gasteiger partial charge in [-0.2, -0.15) is 0 Å². The lowest BCUT2D eigenvalue weighted by Gasteiger charge is -2.32. The molecule has 4 atom stereocenters. The number of nitrogens with zero attached hydrogens (tertiary/aromatic N) is 2. The molecule has 2 bridgehead atoms. The van der Waals surface area contributed by atoms with Gasteiger partial charge in [0.15, 0.2) is 0 Å². The van der Waals surface area contributed by atoms with E-state index in [1.807, 2.05) is 0 Å². The monoisotopic (exact) mass is 251 g/mol. The standard InChI is InChI=1S/C15H29N3/c1-17(8-9-18-6-2-3-7-18)11-14-12-4-5-13(10-12)15(14)16/h12-15H,2-11,16H2,1H3. The van der Waals surface area contributed by atoms with Crippen LogP contribution in [0.2, 0.25) is 0 Å². The molecule has 3 fully saturated rings. The van der Waals surface area contributed by atoms with E-state index in [1.54, 1.807) is 0 Å². The average molecular weight is 251 g/mol. The van der Waals surface area contributed by atoms with Crippen LogP contribution in [0.3, 0.4) is 0 Å². The fourth-order valence-corrected chi connectivity index (χ4v) is 4.50. The number of hydrogen-bond acceptors (Lipinski definition) is 3. The Morgan fingerprint density at radius 3 is 2.56 bits per heavy atom. The Morgan fingerprint density at radius 1 is 1.17 bits per heavy atom. The summed E-state index contributed by atoms with van der Waals surface area (Å²) in [7, 11) is 2.29. The molecule has 3 rings (SSSR count). The van der Waals surface area contributed by atoms with Crippen molar-refractivity contribution in [2.45, 2.75) is 38.1 Å². The van der Waals surface area contributed by atoms with Gasteiger partial charge in [0, 0.05) is 25.7 Å². The van der Waals surface area contributed by atoms with Crippen molar-refractivity contribution in [3.63, 3.8) is 0 Å². The first kappa shape index (κ1) is 12.9. The topological polar surface area (TPSA) is 32.5 Å². The molecule has 0 spiro atoms. The first-order valence-electron chi connectivity index (χ1n) is 7.90. The van der Waals surface area contributed by atoms with Gasteiger partial charge in [0.05, 0.1) is 0 Å². The second-order valence-electron chi connectivity index (χ2n) is 6.89. The molecular formula is C15H29N3. The lowest BCUT2D eigenvalue weighted by atomic mass is 9.84. The molecule has 0 radical (unpaired) electrons. The maximum Gasteiger partial charge on any atom is 0.0111 e. The van der Waals surface area contributed by atoms with Gasteiger partial charge in [0.25, 0.3) is 0 Å². The summed E-state index contributed by atoms with van der Waals surface area (Å²) in [6.07, 6.45) is 7.08. The predicted octanol–water partition coefficient (Wildman–Crippen LogP) is 1.39. The third-order valence-corrected chi connectivity index (χ3v) is 5.68. The van der Waals surface area contributed by atoms with E-state index in [4.69, 9.17) is 5.73 Å². The van der Waals surface area contributed by atoms with E-state index in [-0.39, 0.29) is 0 Å². The molecule has 18 heavy (non-hydrogen) atoms. The molecule has 0 aromatic carbocycles. The van der Waals surface area contributed by atoms with Crippen molar-refractivity contribution in [3.05, 3.63) is 0 Å². The minimum Gasteiger partial charge on any atom is -0.327 e. The van der Waals surface area contributed by atoms with Crippen molar-refractivity contribution in [1.82, 2.24) is 9.80 Å². The molecule has 3 nitrogen and oxygen atoms in total. The zero-order chi connectivity index (χ0) is 12.5. The number of nitrogens with two attached hydrogens (primary N) is 1. The van der Waals surface area contributed by atoms with Crippen LogP contribution < -0.4 is 5.73 Å². The second kappa shape index (κ2) is 5.48. The normalized spacial score (nSPS) is 40.2. The van der Waals surface area contributed by atoms with Crippen LogP contribution in [0.5, 0.6) is 0 Å². The maximum atomic E-state index is 6.39. The van der Waals surface area contributed by atoms with Gasteiger partial charge in [-0.3, -0.25) is 0 Å². The highest BCUT2D eigenvalue weighted by atomic mass is 15.2. The van der Waals surface area contributed by atoms with Crippen molar-refractivity contribution in [3.8, 4) is 0 Å². The zero-order valence-electron chi connectivity index (χ0n) is 11.9. The van der Waals surface area contributed by atoms with Crippen molar-refractivity contribution in [2.24, 2.45) is 23.5 Å². The molecular weight excluding hydrogens is 222 g/mol. The molecule has 0 aromatic rings. The van der Waals surface area contributed by atoms with Crippen molar-refractivity contribution < 1.29 is 0 Å². The van der Waals surface area contributed by atoms with Crippen LogP contribution >= 0.6 is 0 Å². The van der Waals surface area contributed by atoms with Crippen molar-refractivity contribution in [1.29, 1.82) is 0 Å². The van der Waals surface area contributed by atoms with Gasteiger partial charge >= 0.3 is 0 Å². The highest BCUT2D eigenvalue weighted by molar-refractivity contribution is 4.99. The zero-order valence-corrected chi connectivity index (χ0v) is 11.9. The highest BCUT2D eigenvalue weighted by Gasteiger charge is 2.45. The third kappa shape index (κ3) is 2.59. The van der Waals surface area contributed by atoms with Crippen LogP contribution in [0.4, 0.5) is 0 Å². The molecule has 2 saturated carbocycles. The quantitative estimate of drug-likeness (QED) is 0.801. The Hall–Kier alpha value is -0.120. The fourth-order valence-electron chi connectivity index (χ4n) is 4.50. The fraction of sp³-hybridized carbons (Fsp3) is 1.00. The van der Waals surface area contributed by atoms with Crippen LogP contribution in [0, 0.1) is 17.8 Å². The Bertz CT molecular complexity index is 273. The summed E-state index contributed by atoms with van der Waals surface area (Å²) in [6.45, 7) is 6.35. The van der Waals surface area contributed by atoms with Crippen LogP contribution in [0.15, 0.2) is 0 Å². The SMILES string of the molecule is CN(CCN1CCCC1)CC1C2CCC(C2)C1N. The molecule has 2 N–H and O–H groups in total. The summed E-state index contributed by atoms with van der Waals surface area (Å²) >= 11 is 0. The smallest absolute Gasteiger partial charge is 0.0111 e. The average Bonchev–Trinajstić information content (AvgIpc) is 3.06. The Morgan fingerprint density at radius 2 is 1.89 bits per heavy atom. The number of rotatable bonds is 5. The number of hydrogen-bond donors (Lipinski definition) is 1. The first-order valence-corrected chi connectivity index (χ1v) is 7.90. The molecule has 2 aliphatic carbocycles. The second-order valence-corrected chi connectivity index (χ2v) is 6.89. The van der Waals surface area contributed by atoms with Crippen LogP contribution in [-0.2, 0) is 0 Å². The molecule has 3 aliphatic rings. The molecule has 1 aliphatic heterocycles. The number of likely N-dealkylation sites (tertiary alicyclic amines) is 1. The molecule has 104 valence electrons. The highest BCUT2D eigenvalue weighted by Crippen LogP contribution is 2.47. The summed E-state index contributed by atoms with van der Waals surface area (Å²) in [5.74, 6) is 2.58. The van der Waals surface area contributed by atoms with Gasteiger partial charge in [-0.05, 0) is 70.0 Å².